The van der Waals surface area contributed by atoms with Crippen molar-refractivity contribution < 1.29 is 18.7 Å². The average Bonchev–Trinajstić information content (AvgIpc) is 3.13. The summed E-state index contributed by atoms with van der Waals surface area (Å²) in [6.07, 6.45) is 1.89. The molecule has 0 fully saturated rings. The molecule has 8 nitrogen and oxygen atoms in total. The highest BCUT2D eigenvalue weighted by Gasteiger charge is 2.10. The van der Waals surface area contributed by atoms with Crippen molar-refractivity contribution in [3.8, 4) is 5.75 Å². The maximum atomic E-state index is 12.1. The van der Waals surface area contributed by atoms with Crippen molar-refractivity contribution in [1.29, 1.82) is 0 Å². The number of para-hydroxylation sites is 1. The van der Waals surface area contributed by atoms with E-state index in [0.29, 0.717) is 11.3 Å². The highest BCUT2D eigenvalue weighted by molar-refractivity contribution is 5.90. The van der Waals surface area contributed by atoms with Gasteiger partial charge in [-0.3, -0.25) is 20.4 Å². The van der Waals surface area contributed by atoms with Crippen molar-refractivity contribution in [3.63, 3.8) is 0 Å². The zero-order valence-corrected chi connectivity index (χ0v) is 16.2. The summed E-state index contributed by atoms with van der Waals surface area (Å²) in [6.45, 7) is 1.50. The molecule has 0 aliphatic heterocycles. The molecular formula is C22H19N3O5. The molecule has 0 aliphatic rings. The van der Waals surface area contributed by atoms with Crippen molar-refractivity contribution in [1.82, 2.24) is 15.8 Å². The number of hydrogen-bond donors (Lipinski definition) is 3. The summed E-state index contributed by atoms with van der Waals surface area (Å²) >= 11 is 0. The lowest BCUT2D eigenvalue weighted by Crippen LogP contribution is -2.44. The lowest BCUT2D eigenvalue weighted by molar-refractivity contribution is -0.129. The van der Waals surface area contributed by atoms with Gasteiger partial charge in [-0.15, -0.1) is 0 Å². The number of fused-ring (bicyclic) bond motifs is 2. The van der Waals surface area contributed by atoms with Gasteiger partial charge in [-0.1, -0.05) is 18.2 Å². The number of aryl methyl sites for hydroxylation is 1. The number of amides is 2. The molecule has 0 aliphatic carbocycles. The number of rotatable bonds is 5. The lowest BCUT2D eigenvalue weighted by Gasteiger charge is -2.09. The van der Waals surface area contributed by atoms with Crippen LogP contribution >= 0.6 is 0 Å². The molecule has 2 aromatic heterocycles. The predicted octanol–water partition coefficient (Wildman–Crippen LogP) is 2.35. The molecule has 0 unspecified atom stereocenters. The number of H-pyrrole nitrogens is 1. The summed E-state index contributed by atoms with van der Waals surface area (Å²) in [5.41, 5.74) is 7.20. The molecule has 0 radical (unpaired) electrons. The van der Waals surface area contributed by atoms with Crippen molar-refractivity contribution in [2.24, 2.45) is 0 Å². The fraction of sp³-hybridized carbons (Fsp3) is 0.136. The molecule has 3 N–H and O–H groups in total. The van der Waals surface area contributed by atoms with Crippen LogP contribution in [0.2, 0.25) is 0 Å². The number of benzene rings is 2. The molecule has 4 rings (SSSR count). The van der Waals surface area contributed by atoms with Gasteiger partial charge in [0.25, 0.3) is 5.91 Å². The van der Waals surface area contributed by atoms with Crippen LogP contribution in [0.1, 0.15) is 11.1 Å². The van der Waals surface area contributed by atoms with Crippen molar-refractivity contribution in [2.75, 3.05) is 6.61 Å². The number of carbonyl (C=O) groups excluding carboxylic acids is 2. The van der Waals surface area contributed by atoms with E-state index >= 15 is 0 Å². The topological polar surface area (TPSA) is 113 Å². The van der Waals surface area contributed by atoms with E-state index in [9.17, 15) is 14.4 Å². The third kappa shape index (κ3) is 4.17. The van der Waals surface area contributed by atoms with Crippen molar-refractivity contribution >= 4 is 33.7 Å². The molecule has 0 saturated heterocycles. The molecule has 30 heavy (non-hydrogen) atoms. The largest absolute Gasteiger partial charge is 0.484 e. The minimum absolute atomic E-state index is 0.119. The molecule has 0 saturated carbocycles. The van der Waals surface area contributed by atoms with E-state index in [4.69, 9.17) is 9.15 Å². The van der Waals surface area contributed by atoms with Gasteiger partial charge in [0.1, 0.15) is 11.3 Å². The standard InChI is InChI=1S/C22H19N3O5/c1-13-8-22(28)30-19-10-15(6-7-16(13)19)29-12-21(27)25-24-20(26)9-14-11-23-18-5-3-2-4-17(14)18/h2-8,10-11,23H,9,12H2,1H3,(H,24,26)(H,25,27). The quantitative estimate of drug-likeness (QED) is 0.348. The van der Waals surface area contributed by atoms with Crippen LogP contribution in [0.4, 0.5) is 0 Å². The third-order valence-electron chi connectivity index (χ3n) is 4.66. The molecular weight excluding hydrogens is 386 g/mol. The second-order valence-corrected chi connectivity index (χ2v) is 6.83. The lowest BCUT2D eigenvalue weighted by atomic mass is 10.1. The zero-order chi connectivity index (χ0) is 21.1. The molecule has 2 amide bonds. The van der Waals surface area contributed by atoms with E-state index in [1.165, 1.54) is 6.07 Å². The van der Waals surface area contributed by atoms with E-state index < -0.39 is 11.5 Å². The Morgan fingerprint density at radius 2 is 1.83 bits per heavy atom. The van der Waals surface area contributed by atoms with Crippen LogP contribution in [-0.4, -0.2) is 23.4 Å². The van der Waals surface area contributed by atoms with E-state index in [1.807, 2.05) is 31.2 Å². The smallest absolute Gasteiger partial charge is 0.336 e. The number of ether oxygens (including phenoxy) is 1. The van der Waals surface area contributed by atoms with Gasteiger partial charge in [-0.2, -0.15) is 0 Å². The van der Waals surface area contributed by atoms with Crippen molar-refractivity contribution in [2.45, 2.75) is 13.3 Å². The van der Waals surface area contributed by atoms with Gasteiger partial charge in [-0.05, 0) is 36.2 Å². The Bertz CT molecular complexity index is 1310. The molecule has 4 aromatic rings. The minimum Gasteiger partial charge on any atom is -0.484 e. The maximum Gasteiger partial charge on any atom is 0.336 e. The molecule has 8 heteroatoms. The summed E-state index contributed by atoms with van der Waals surface area (Å²) in [6, 6.07) is 14.1. The van der Waals surface area contributed by atoms with Crippen LogP contribution in [0.15, 0.2) is 63.9 Å². The Morgan fingerprint density at radius 3 is 2.70 bits per heavy atom. The van der Waals surface area contributed by atoms with Gasteiger partial charge >= 0.3 is 5.63 Å². The van der Waals surface area contributed by atoms with Crippen molar-refractivity contribution in [3.05, 3.63) is 76.3 Å². The maximum absolute atomic E-state index is 12.1. The second kappa shape index (κ2) is 8.12. The van der Waals surface area contributed by atoms with Crippen LogP contribution in [0, 0.1) is 6.92 Å². The van der Waals surface area contributed by atoms with Crippen LogP contribution < -0.4 is 21.2 Å². The Hall–Kier alpha value is -4.07. The Morgan fingerprint density at radius 1 is 1.03 bits per heavy atom. The first-order valence-electron chi connectivity index (χ1n) is 9.29. The predicted molar refractivity (Wildman–Crippen MR) is 111 cm³/mol. The van der Waals surface area contributed by atoms with Crippen LogP contribution in [-0.2, 0) is 16.0 Å². The highest BCUT2D eigenvalue weighted by atomic mass is 16.5. The summed E-state index contributed by atoms with van der Waals surface area (Å²) in [7, 11) is 0. The zero-order valence-electron chi connectivity index (χ0n) is 16.2. The van der Waals surface area contributed by atoms with Gasteiger partial charge in [0.15, 0.2) is 6.61 Å². The second-order valence-electron chi connectivity index (χ2n) is 6.83. The van der Waals surface area contributed by atoms with Gasteiger partial charge in [0.05, 0.1) is 6.42 Å². The fourth-order valence-corrected chi connectivity index (χ4v) is 3.21. The van der Waals surface area contributed by atoms with Gasteiger partial charge < -0.3 is 14.1 Å². The summed E-state index contributed by atoms with van der Waals surface area (Å²) in [5, 5.41) is 1.75. The van der Waals surface area contributed by atoms with E-state index in [2.05, 4.69) is 15.8 Å². The Kier molecular flexibility index (Phi) is 5.21. The van der Waals surface area contributed by atoms with Crippen LogP contribution in [0.5, 0.6) is 5.75 Å². The summed E-state index contributed by atoms with van der Waals surface area (Å²) < 4.78 is 10.6. The molecule has 0 bridgehead atoms. The summed E-state index contributed by atoms with van der Waals surface area (Å²) in [5.74, 6) is -0.499. The first kappa shape index (κ1) is 19.3. The van der Waals surface area contributed by atoms with E-state index in [1.54, 1.807) is 24.4 Å². The Labute approximate surface area is 170 Å². The number of aromatic amines is 1. The third-order valence-corrected chi connectivity index (χ3v) is 4.66. The Balaban J connectivity index is 1.30. The highest BCUT2D eigenvalue weighted by Crippen LogP contribution is 2.22. The molecule has 152 valence electrons. The first-order valence-corrected chi connectivity index (χ1v) is 9.29. The molecule has 0 atom stereocenters. The average molecular weight is 405 g/mol. The summed E-state index contributed by atoms with van der Waals surface area (Å²) in [4.78, 5) is 38.7. The molecule has 0 spiro atoms. The van der Waals surface area contributed by atoms with E-state index in [-0.39, 0.29) is 18.9 Å². The number of aromatic nitrogens is 1. The number of carbonyl (C=O) groups is 2. The van der Waals surface area contributed by atoms with Gasteiger partial charge in [0, 0.05) is 34.6 Å². The fourth-order valence-electron chi connectivity index (χ4n) is 3.21. The number of hydrogen-bond acceptors (Lipinski definition) is 5. The van der Waals surface area contributed by atoms with Gasteiger partial charge in [0.2, 0.25) is 5.91 Å². The normalized spacial score (nSPS) is 10.8. The number of nitrogens with one attached hydrogen (secondary N) is 3. The monoisotopic (exact) mass is 405 g/mol. The number of hydrazine groups is 1. The SMILES string of the molecule is Cc1cc(=O)oc2cc(OCC(=O)NNC(=O)Cc3c[nH]c4ccccc34)ccc12. The molecule has 2 heterocycles. The minimum atomic E-state index is -0.520. The molecule has 2 aromatic carbocycles. The first-order chi connectivity index (χ1) is 14.5. The van der Waals surface area contributed by atoms with Crippen LogP contribution in [0.25, 0.3) is 21.9 Å². The van der Waals surface area contributed by atoms with E-state index in [0.717, 1.165) is 27.4 Å². The van der Waals surface area contributed by atoms with Crippen LogP contribution in [0.3, 0.4) is 0 Å². The van der Waals surface area contributed by atoms with Gasteiger partial charge in [-0.25, -0.2) is 4.79 Å².